The van der Waals surface area contributed by atoms with Gasteiger partial charge in [0.25, 0.3) is 10.0 Å². The van der Waals surface area contributed by atoms with Crippen LogP contribution in [0.1, 0.15) is 5.56 Å². The summed E-state index contributed by atoms with van der Waals surface area (Å²) in [5, 5.41) is 0. The molecule has 8 heteroatoms. The third kappa shape index (κ3) is 3.33. The molecule has 0 aliphatic heterocycles. The van der Waals surface area contributed by atoms with Crippen molar-refractivity contribution in [2.45, 2.75) is 11.8 Å². The van der Waals surface area contributed by atoms with Gasteiger partial charge in [0.15, 0.2) is 0 Å². The number of rotatable bonds is 3. The zero-order valence-corrected chi connectivity index (χ0v) is 13.2. The van der Waals surface area contributed by atoms with Gasteiger partial charge in [-0.3, -0.25) is 4.72 Å². The molecule has 0 aliphatic rings. The van der Waals surface area contributed by atoms with Crippen molar-refractivity contribution < 1.29 is 17.2 Å². The van der Waals surface area contributed by atoms with Crippen LogP contribution in [0.15, 0.2) is 39.7 Å². The Hall–Kier alpha value is -1.67. The molecule has 0 amide bonds. The lowest BCUT2D eigenvalue weighted by molar-refractivity contribution is 0.594. The molecule has 0 saturated carbocycles. The minimum atomic E-state index is -4.08. The first-order valence-corrected chi connectivity index (χ1v) is 8.02. The molecule has 21 heavy (non-hydrogen) atoms. The number of hydrogen-bond donors (Lipinski definition) is 2. The minimum absolute atomic E-state index is 0.105. The lowest BCUT2D eigenvalue weighted by Gasteiger charge is -2.12. The van der Waals surface area contributed by atoms with E-state index in [1.165, 1.54) is 12.1 Å². The standard InChI is InChI=1S/C13H11BrF2N2O2S/c1-7-4-9(14)11(17)6-13(7)21(19,20)18-12-5-8(15)2-3-10(12)16/h2-6,18H,17H2,1H3. The molecule has 0 heterocycles. The molecule has 2 aromatic carbocycles. The van der Waals surface area contributed by atoms with Crippen molar-refractivity contribution in [1.29, 1.82) is 0 Å². The lowest BCUT2D eigenvalue weighted by atomic mass is 10.2. The number of halogens is 3. The largest absolute Gasteiger partial charge is 0.398 e. The summed E-state index contributed by atoms with van der Waals surface area (Å²) in [5.41, 5.74) is 5.84. The highest BCUT2D eigenvalue weighted by molar-refractivity contribution is 9.10. The zero-order chi connectivity index (χ0) is 15.8. The fraction of sp³-hybridized carbons (Fsp3) is 0.0769. The number of aryl methyl sites for hydroxylation is 1. The number of nitrogen functional groups attached to an aromatic ring is 1. The molecule has 0 fully saturated rings. The van der Waals surface area contributed by atoms with Crippen molar-refractivity contribution in [3.63, 3.8) is 0 Å². The van der Waals surface area contributed by atoms with Gasteiger partial charge in [-0.2, -0.15) is 0 Å². The second-order valence-corrected chi connectivity index (χ2v) is 6.87. The number of nitrogens with one attached hydrogen (secondary N) is 1. The second kappa shape index (κ2) is 5.61. The molecule has 3 N–H and O–H groups in total. The summed E-state index contributed by atoms with van der Waals surface area (Å²) in [6, 6.07) is 5.29. The molecular formula is C13H11BrF2N2O2S. The molecule has 0 spiro atoms. The molecule has 2 rings (SSSR count). The highest BCUT2D eigenvalue weighted by Crippen LogP contribution is 2.28. The van der Waals surface area contributed by atoms with Gasteiger partial charge in [0, 0.05) is 16.2 Å². The van der Waals surface area contributed by atoms with E-state index < -0.39 is 27.3 Å². The first-order chi connectivity index (χ1) is 9.70. The summed E-state index contributed by atoms with van der Waals surface area (Å²) in [4.78, 5) is -0.105. The Bertz CT molecular complexity index is 810. The summed E-state index contributed by atoms with van der Waals surface area (Å²) >= 11 is 3.19. The normalized spacial score (nSPS) is 11.4. The third-order valence-corrected chi connectivity index (χ3v) is 4.95. The Morgan fingerprint density at radius 2 is 1.86 bits per heavy atom. The van der Waals surface area contributed by atoms with Crippen LogP contribution in [0.2, 0.25) is 0 Å². The number of nitrogens with two attached hydrogens (primary N) is 1. The van der Waals surface area contributed by atoms with Gasteiger partial charge >= 0.3 is 0 Å². The van der Waals surface area contributed by atoms with Gasteiger partial charge in [0.2, 0.25) is 0 Å². The lowest BCUT2D eigenvalue weighted by Crippen LogP contribution is -2.16. The van der Waals surface area contributed by atoms with Crippen molar-refractivity contribution in [1.82, 2.24) is 0 Å². The smallest absolute Gasteiger partial charge is 0.262 e. The molecule has 112 valence electrons. The van der Waals surface area contributed by atoms with Gasteiger partial charge in [-0.25, -0.2) is 17.2 Å². The van der Waals surface area contributed by atoms with E-state index in [1.54, 1.807) is 6.92 Å². The van der Waals surface area contributed by atoms with Crippen LogP contribution in [0, 0.1) is 18.6 Å². The van der Waals surface area contributed by atoms with Gasteiger partial charge in [-0.15, -0.1) is 0 Å². The van der Waals surface area contributed by atoms with Crippen LogP contribution < -0.4 is 10.5 Å². The van der Waals surface area contributed by atoms with Crippen molar-refractivity contribution in [2.24, 2.45) is 0 Å². The van der Waals surface area contributed by atoms with E-state index in [0.717, 1.165) is 18.2 Å². The summed E-state index contributed by atoms with van der Waals surface area (Å²) in [6.07, 6.45) is 0. The average Bonchev–Trinajstić information content (AvgIpc) is 2.37. The van der Waals surface area contributed by atoms with Gasteiger partial charge in [-0.05, 0) is 52.7 Å². The molecule has 0 aliphatic carbocycles. The maximum atomic E-state index is 13.5. The van der Waals surface area contributed by atoms with Crippen LogP contribution in [0.25, 0.3) is 0 Å². The van der Waals surface area contributed by atoms with Gasteiger partial charge in [0.05, 0.1) is 10.6 Å². The maximum absolute atomic E-state index is 13.5. The van der Waals surface area contributed by atoms with Gasteiger partial charge < -0.3 is 5.73 Å². The van der Waals surface area contributed by atoms with Crippen LogP contribution in [0.5, 0.6) is 0 Å². The number of benzene rings is 2. The predicted molar refractivity (Wildman–Crippen MR) is 80.5 cm³/mol. The Balaban J connectivity index is 2.48. The van der Waals surface area contributed by atoms with E-state index in [2.05, 4.69) is 15.9 Å². The quantitative estimate of drug-likeness (QED) is 0.806. The fourth-order valence-electron chi connectivity index (χ4n) is 1.73. The Kier molecular flexibility index (Phi) is 4.20. The Morgan fingerprint density at radius 3 is 2.52 bits per heavy atom. The number of hydrogen-bond acceptors (Lipinski definition) is 3. The molecule has 0 aromatic heterocycles. The van der Waals surface area contributed by atoms with Crippen LogP contribution in [0.4, 0.5) is 20.2 Å². The SMILES string of the molecule is Cc1cc(Br)c(N)cc1S(=O)(=O)Nc1cc(F)ccc1F. The highest BCUT2D eigenvalue weighted by Gasteiger charge is 2.20. The Labute approximate surface area is 129 Å². The maximum Gasteiger partial charge on any atom is 0.262 e. The molecule has 0 saturated heterocycles. The summed E-state index contributed by atoms with van der Waals surface area (Å²) in [5.74, 6) is -1.62. The van der Waals surface area contributed by atoms with Crippen molar-refractivity contribution in [2.75, 3.05) is 10.5 Å². The first kappa shape index (κ1) is 15.7. The van der Waals surface area contributed by atoms with E-state index in [-0.39, 0.29) is 10.6 Å². The van der Waals surface area contributed by atoms with Crippen molar-refractivity contribution in [3.05, 3.63) is 52.0 Å². The molecule has 4 nitrogen and oxygen atoms in total. The molecule has 0 radical (unpaired) electrons. The molecule has 2 aromatic rings. The number of sulfonamides is 1. The minimum Gasteiger partial charge on any atom is -0.398 e. The van der Waals surface area contributed by atoms with E-state index in [9.17, 15) is 17.2 Å². The van der Waals surface area contributed by atoms with Crippen LogP contribution in [-0.2, 0) is 10.0 Å². The van der Waals surface area contributed by atoms with Crippen LogP contribution in [-0.4, -0.2) is 8.42 Å². The predicted octanol–water partition coefficient (Wildman–Crippen LogP) is 3.42. The van der Waals surface area contributed by atoms with E-state index in [1.807, 2.05) is 4.72 Å². The van der Waals surface area contributed by atoms with Crippen LogP contribution in [0.3, 0.4) is 0 Å². The average molecular weight is 377 g/mol. The van der Waals surface area contributed by atoms with Gasteiger partial charge in [-0.1, -0.05) is 0 Å². The van der Waals surface area contributed by atoms with Crippen molar-refractivity contribution >= 4 is 37.3 Å². The second-order valence-electron chi connectivity index (χ2n) is 4.37. The Morgan fingerprint density at radius 1 is 1.19 bits per heavy atom. The monoisotopic (exact) mass is 376 g/mol. The summed E-state index contributed by atoms with van der Waals surface area (Å²) < 4.78 is 53.8. The summed E-state index contributed by atoms with van der Waals surface area (Å²) in [7, 11) is -4.08. The molecule has 0 bridgehead atoms. The molecule has 0 unspecified atom stereocenters. The van der Waals surface area contributed by atoms with Gasteiger partial charge in [0.1, 0.15) is 11.6 Å². The van der Waals surface area contributed by atoms with Crippen LogP contribution >= 0.6 is 15.9 Å². The zero-order valence-electron chi connectivity index (χ0n) is 10.8. The van der Waals surface area contributed by atoms with E-state index >= 15 is 0 Å². The van der Waals surface area contributed by atoms with E-state index in [4.69, 9.17) is 5.73 Å². The highest BCUT2D eigenvalue weighted by atomic mass is 79.9. The first-order valence-electron chi connectivity index (χ1n) is 5.74. The van der Waals surface area contributed by atoms with E-state index in [0.29, 0.717) is 10.0 Å². The molecular weight excluding hydrogens is 366 g/mol. The fourth-order valence-corrected chi connectivity index (χ4v) is 3.51. The number of anilines is 2. The van der Waals surface area contributed by atoms with Crippen molar-refractivity contribution in [3.8, 4) is 0 Å². The topological polar surface area (TPSA) is 72.2 Å². The summed E-state index contributed by atoms with van der Waals surface area (Å²) in [6.45, 7) is 1.57. The molecule has 0 atom stereocenters. The third-order valence-electron chi connectivity index (χ3n) is 2.76.